The van der Waals surface area contributed by atoms with E-state index in [1.165, 1.54) is 46.8 Å². The molecule has 9 heteroatoms. The van der Waals surface area contributed by atoms with Crippen LogP contribution in [0, 0.1) is 0 Å². The Morgan fingerprint density at radius 2 is 1.90 bits per heavy atom. The predicted molar refractivity (Wildman–Crippen MR) is 119 cm³/mol. The maximum atomic E-state index is 13.3. The van der Waals surface area contributed by atoms with Crippen LogP contribution in [0.25, 0.3) is 0 Å². The monoisotopic (exact) mass is 443 g/mol. The standard InChI is InChI=1S/C22H25N3O5S/c1-2-12-25(17-7-3-4-8-17)31(29,30)18-9-5-6-15(13-18)21(26)24-20-11-10-16(23)14-19(20)22(27)28/h2,5-6,9-11,13-14,17H,1,3-4,7-8,12,23H2,(H,24,26)(H,27,28). The van der Waals surface area contributed by atoms with Crippen molar-refractivity contribution in [3.05, 3.63) is 66.2 Å². The number of nitrogens with one attached hydrogen (secondary N) is 1. The number of hydrogen-bond donors (Lipinski definition) is 3. The first-order chi connectivity index (χ1) is 14.7. The zero-order valence-corrected chi connectivity index (χ0v) is 17.8. The molecule has 0 unspecified atom stereocenters. The molecule has 0 heterocycles. The highest BCUT2D eigenvalue weighted by molar-refractivity contribution is 7.89. The summed E-state index contributed by atoms with van der Waals surface area (Å²) in [6.45, 7) is 3.86. The molecule has 2 aromatic rings. The molecular weight excluding hydrogens is 418 g/mol. The average Bonchev–Trinajstić information content (AvgIpc) is 3.27. The van der Waals surface area contributed by atoms with E-state index in [-0.39, 0.29) is 40.0 Å². The number of nitrogen functional groups attached to an aromatic ring is 1. The Hall–Kier alpha value is -3.17. The zero-order valence-electron chi connectivity index (χ0n) is 17.0. The molecule has 0 atom stereocenters. The lowest BCUT2D eigenvalue weighted by Crippen LogP contribution is -2.39. The molecule has 0 aromatic heterocycles. The SMILES string of the molecule is C=CCN(C1CCCC1)S(=O)(=O)c1cccc(C(=O)Nc2ccc(N)cc2C(=O)O)c1. The van der Waals surface area contributed by atoms with Crippen LogP contribution in [0.5, 0.6) is 0 Å². The van der Waals surface area contributed by atoms with Gasteiger partial charge >= 0.3 is 5.97 Å². The summed E-state index contributed by atoms with van der Waals surface area (Å²) in [7, 11) is -3.83. The first-order valence-electron chi connectivity index (χ1n) is 9.91. The Balaban J connectivity index is 1.89. The van der Waals surface area contributed by atoms with E-state index < -0.39 is 21.9 Å². The van der Waals surface area contributed by atoms with Gasteiger partial charge < -0.3 is 16.2 Å². The Bertz CT molecular complexity index is 1110. The van der Waals surface area contributed by atoms with Crippen LogP contribution < -0.4 is 11.1 Å². The lowest BCUT2D eigenvalue weighted by molar-refractivity contribution is 0.0698. The molecule has 0 aliphatic heterocycles. The fourth-order valence-electron chi connectivity index (χ4n) is 3.74. The van der Waals surface area contributed by atoms with E-state index >= 15 is 0 Å². The molecule has 1 aliphatic rings. The maximum absolute atomic E-state index is 13.3. The van der Waals surface area contributed by atoms with Gasteiger partial charge in [-0.05, 0) is 49.2 Å². The molecule has 0 spiro atoms. The molecule has 31 heavy (non-hydrogen) atoms. The van der Waals surface area contributed by atoms with Gasteiger partial charge in [0.1, 0.15) is 0 Å². The quantitative estimate of drug-likeness (QED) is 0.424. The van der Waals surface area contributed by atoms with Crippen LogP contribution in [0.2, 0.25) is 0 Å². The number of benzene rings is 2. The number of hydrogen-bond acceptors (Lipinski definition) is 5. The number of aromatic carboxylic acids is 1. The molecule has 0 bridgehead atoms. The number of anilines is 2. The van der Waals surface area contributed by atoms with Crippen LogP contribution in [-0.2, 0) is 10.0 Å². The number of amides is 1. The molecule has 1 fully saturated rings. The summed E-state index contributed by atoms with van der Waals surface area (Å²) in [5, 5.41) is 11.9. The molecule has 3 rings (SSSR count). The van der Waals surface area contributed by atoms with Crippen molar-refractivity contribution in [2.24, 2.45) is 0 Å². The number of carbonyl (C=O) groups is 2. The lowest BCUT2D eigenvalue weighted by Gasteiger charge is -2.27. The Kier molecular flexibility index (Phi) is 6.77. The van der Waals surface area contributed by atoms with Gasteiger partial charge in [0, 0.05) is 23.8 Å². The molecule has 2 aromatic carbocycles. The van der Waals surface area contributed by atoms with Gasteiger partial charge in [-0.15, -0.1) is 6.58 Å². The maximum Gasteiger partial charge on any atom is 0.337 e. The van der Waals surface area contributed by atoms with Crippen LogP contribution in [-0.4, -0.2) is 42.3 Å². The largest absolute Gasteiger partial charge is 0.478 e. The lowest BCUT2D eigenvalue weighted by atomic mass is 10.1. The number of carboxylic acid groups (broad SMARTS) is 1. The van der Waals surface area contributed by atoms with Crippen LogP contribution in [0.4, 0.5) is 11.4 Å². The molecule has 0 radical (unpaired) electrons. The van der Waals surface area contributed by atoms with Crippen LogP contribution in [0.3, 0.4) is 0 Å². The van der Waals surface area contributed by atoms with Gasteiger partial charge in [-0.3, -0.25) is 4.79 Å². The first-order valence-corrected chi connectivity index (χ1v) is 11.3. The normalized spacial score (nSPS) is 14.5. The Morgan fingerprint density at radius 1 is 1.19 bits per heavy atom. The van der Waals surface area contributed by atoms with Crippen molar-refractivity contribution < 1.29 is 23.1 Å². The first kappa shape index (κ1) is 22.5. The molecule has 0 saturated heterocycles. The van der Waals surface area contributed by atoms with E-state index in [4.69, 9.17) is 5.73 Å². The van der Waals surface area contributed by atoms with Gasteiger partial charge in [0.15, 0.2) is 0 Å². The minimum atomic E-state index is -3.83. The fourth-order valence-corrected chi connectivity index (χ4v) is 5.44. The Morgan fingerprint density at radius 3 is 2.55 bits per heavy atom. The summed E-state index contributed by atoms with van der Waals surface area (Å²) in [6, 6.07) is 9.72. The molecule has 1 saturated carbocycles. The van der Waals surface area contributed by atoms with Crippen molar-refractivity contribution in [1.29, 1.82) is 0 Å². The number of carboxylic acids is 1. The fraction of sp³-hybridized carbons (Fsp3) is 0.273. The third-order valence-corrected chi connectivity index (χ3v) is 7.18. The number of nitrogens with zero attached hydrogens (tertiary/aromatic N) is 1. The van der Waals surface area contributed by atoms with Crippen molar-refractivity contribution in [2.75, 3.05) is 17.6 Å². The highest BCUT2D eigenvalue weighted by atomic mass is 32.2. The summed E-state index contributed by atoms with van der Waals surface area (Å²) in [5.74, 6) is -1.86. The van der Waals surface area contributed by atoms with Crippen LogP contribution in [0.1, 0.15) is 46.4 Å². The summed E-state index contributed by atoms with van der Waals surface area (Å²) >= 11 is 0. The van der Waals surface area contributed by atoms with Gasteiger partial charge in [0.05, 0.1) is 16.1 Å². The van der Waals surface area contributed by atoms with E-state index in [1.807, 2.05) is 0 Å². The van der Waals surface area contributed by atoms with E-state index in [2.05, 4.69) is 11.9 Å². The summed E-state index contributed by atoms with van der Waals surface area (Å²) in [6.07, 6.45) is 5.10. The molecule has 8 nitrogen and oxygen atoms in total. The molecule has 4 N–H and O–H groups in total. The van der Waals surface area contributed by atoms with Gasteiger partial charge in [-0.2, -0.15) is 4.31 Å². The summed E-state index contributed by atoms with van der Waals surface area (Å²) in [4.78, 5) is 24.2. The topological polar surface area (TPSA) is 130 Å². The highest BCUT2D eigenvalue weighted by Gasteiger charge is 2.32. The number of nitrogens with two attached hydrogens (primary N) is 1. The number of sulfonamides is 1. The minimum absolute atomic E-state index is 0.00432. The number of carbonyl (C=O) groups excluding carboxylic acids is 1. The molecule has 1 aliphatic carbocycles. The van der Waals surface area contributed by atoms with Crippen LogP contribution >= 0.6 is 0 Å². The van der Waals surface area contributed by atoms with Gasteiger partial charge in [0.25, 0.3) is 5.91 Å². The second kappa shape index (κ2) is 9.32. The smallest absolute Gasteiger partial charge is 0.337 e. The van der Waals surface area contributed by atoms with Crippen molar-refractivity contribution in [1.82, 2.24) is 4.31 Å². The van der Waals surface area contributed by atoms with E-state index in [9.17, 15) is 23.1 Å². The third-order valence-electron chi connectivity index (χ3n) is 5.27. The van der Waals surface area contributed by atoms with E-state index in [0.717, 1.165) is 25.7 Å². The third kappa shape index (κ3) is 4.95. The second-order valence-corrected chi connectivity index (χ2v) is 9.28. The van der Waals surface area contributed by atoms with Crippen molar-refractivity contribution in [3.8, 4) is 0 Å². The van der Waals surface area contributed by atoms with E-state index in [0.29, 0.717) is 0 Å². The minimum Gasteiger partial charge on any atom is -0.478 e. The number of rotatable bonds is 8. The van der Waals surface area contributed by atoms with Gasteiger partial charge in [-0.1, -0.05) is 25.0 Å². The highest BCUT2D eigenvalue weighted by Crippen LogP contribution is 2.29. The molecule has 1 amide bonds. The summed E-state index contributed by atoms with van der Waals surface area (Å²) < 4.78 is 28.0. The van der Waals surface area contributed by atoms with Crippen molar-refractivity contribution in [3.63, 3.8) is 0 Å². The van der Waals surface area contributed by atoms with Crippen molar-refractivity contribution >= 4 is 33.3 Å². The predicted octanol–water partition coefficient (Wildman–Crippen LogP) is 3.34. The van der Waals surface area contributed by atoms with Gasteiger partial charge in [0.2, 0.25) is 10.0 Å². The Labute approximate surface area is 181 Å². The second-order valence-electron chi connectivity index (χ2n) is 7.39. The summed E-state index contributed by atoms with van der Waals surface area (Å²) in [5.41, 5.74) is 5.88. The van der Waals surface area contributed by atoms with Gasteiger partial charge in [-0.25, -0.2) is 13.2 Å². The van der Waals surface area contributed by atoms with E-state index in [1.54, 1.807) is 6.08 Å². The van der Waals surface area contributed by atoms with Crippen molar-refractivity contribution in [2.45, 2.75) is 36.6 Å². The molecule has 164 valence electrons. The molecular formula is C22H25N3O5S. The van der Waals surface area contributed by atoms with Crippen LogP contribution in [0.15, 0.2) is 60.0 Å². The average molecular weight is 444 g/mol. The zero-order chi connectivity index (χ0) is 22.6.